The molecule has 2 aromatic heterocycles. The standard InChI is InChI=1S/C28H29N3O5S/c1-3-30-22-8-6-5-7-20(22)21-15-19(9-10-23(21)30)16-24-28(34)31(26(37-24)17-27(33)36-4-2)18-25(32)29-11-13-35-14-12-29/h5-10,15-17H,3-4,11-14,18H2,1-2H3. The van der Waals surface area contributed by atoms with Gasteiger partial charge in [-0.1, -0.05) is 24.3 Å². The summed E-state index contributed by atoms with van der Waals surface area (Å²) >= 11 is 1.18. The van der Waals surface area contributed by atoms with Crippen molar-refractivity contribution in [3.63, 3.8) is 0 Å². The lowest BCUT2D eigenvalue weighted by atomic mass is 10.1. The lowest BCUT2D eigenvalue weighted by molar-refractivity contribution is -0.136. The van der Waals surface area contributed by atoms with Gasteiger partial charge in [0.05, 0.1) is 30.4 Å². The predicted octanol–water partition coefficient (Wildman–Crippen LogP) is 2.07. The number of aryl methyl sites for hydroxylation is 1. The smallest absolute Gasteiger partial charge is 0.333 e. The second-order valence-electron chi connectivity index (χ2n) is 8.77. The number of carbonyl (C=O) groups excluding carboxylic acids is 2. The van der Waals surface area contributed by atoms with Crippen LogP contribution in [0.4, 0.5) is 0 Å². The van der Waals surface area contributed by atoms with Crippen molar-refractivity contribution in [2.45, 2.75) is 26.9 Å². The van der Waals surface area contributed by atoms with Crippen LogP contribution in [0.3, 0.4) is 0 Å². The summed E-state index contributed by atoms with van der Waals surface area (Å²) in [5, 5.41) is 2.27. The Labute approximate surface area is 217 Å². The minimum Gasteiger partial charge on any atom is -0.463 e. The normalized spacial score (nSPS) is 15.1. The first-order valence-corrected chi connectivity index (χ1v) is 13.3. The average Bonchev–Trinajstić information content (AvgIpc) is 3.38. The lowest BCUT2D eigenvalue weighted by Gasteiger charge is -2.26. The predicted molar refractivity (Wildman–Crippen MR) is 145 cm³/mol. The second kappa shape index (κ2) is 10.7. The number of hydrogen-bond donors (Lipinski definition) is 0. The maximum atomic E-state index is 13.4. The van der Waals surface area contributed by atoms with Crippen LogP contribution in [0.15, 0.2) is 47.3 Å². The molecule has 192 valence electrons. The van der Waals surface area contributed by atoms with E-state index in [1.165, 1.54) is 27.5 Å². The Hall–Kier alpha value is -3.69. The number of aromatic nitrogens is 2. The monoisotopic (exact) mass is 519 g/mol. The van der Waals surface area contributed by atoms with E-state index in [4.69, 9.17) is 9.47 Å². The fourth-order valence-corrected chi connectivity index (χ4v) is 5.81. The summed E-state index contributed by atoms with van der Waals surface area (Å²) in [7, 11) is 0. The number of ether oxygens (including phenoxy) is 2. The molecule has 37 heavy (non-hydrogen) atoms. The fraction of sp³-hybridized carbons (Fsp3) is 0.321. The number of morpholine rings is 1. The third-order valence-electron chi connectivity index (χ3n) is 6.53. The van der Waals surface area contributed by atoms with E-state index < -0.39 is 5.97 Å². The van der Waals surface area contributed by atoms with Gasteiger partial charge >= 0.3 is 5.97 Å². The molecule has 0 saturated carbocycles. The molecule has 8 nitrogen and oxygen atoms in total. The minimum absolute atomic E-state index is 0.141. The maximum absolute atomic E-state index is 13.4. The van der Waals surface area contributed by atoms with Gasteiger partial charge in [-0.2, -0.15) is 0 Å². The van der Waals surface area contributed by atoms with Crippen LogP contribution in [0.2, 0.25) is 0 Å². The van der Waals surface area contributed by atoms with Crippen molar-refractivity contribution in [3.8, 4) is 0 Å². The Morgan fingerprint density at radius 1 is 1.03 bits per heavy atom. The van der Waals surface area contributed by atoms with Gasteiger partial charge in [-0.3, -0.25) is 14.2 Å². The van der Waals surface area contributed by atoms with Gasteiger partial charge in [-0.05, 0) is 43.7 Å². The van der Waals surface area contributed by atoms with E-state index in [2.05, 4.69) is 35.8 Å². The molecule has 3 heterocycles. The number of thiazole rings is 1. The van der Waals surface area contributed by atoms with Gasteiger partial charge < -0.3 is 18.9 Å². The van der Waals surface area contributed by atoms with Crippen LogP contribution in [-0.4, -0.2) is 58.8 Å². The molecule has 1 aliphatic rings. The highest BCUT2D eigenvalue weighted by molar-refractivity contribution is 7.07. The molecule has 0 spiro atoms. The van der Waals surface area contributed by atoms with E-state index in [0.29, 0.717) is 35.5 Å². The van der Waals surface area contributed by atoms with E-state index in [1.54, 1.807) is 11.8 Å². The number of rotatable bonds is 6. The Kier molecular flexibility index (Phi) is 7.25. The number of benzene rings is 2. The molecule has 1 fully saturated rings. The first kappa shape index (κ1) is 25.0. The zero-order valence-electron chi connectivity index (χ0n) is 20.9. The van der Waals surface area contributed by atoms with Gasteiger partial charge in [0.2, 0.25) is 5.91 Å². The number of esters is 1. The van der Waals surface area contributed by atoms with Crippen molar-refractivity contribution in [2.24, 2.45) is 0 Å². The number of fused-ring (bicyclic) bond motifs is 3. The van der Waals surface area contributed by atoms with Gasteiger partial charge in [-0.25, -0.2) is 4.79 Å². The van der Waals surface area contributed by atoms with Crippen molar-refractivity contribution < 1.29 is 19.1 Å². The molecule has 9 heteroatoms. The van der Waals surface area contributed by atoms with Crippen LogP contribution in [0.1, 0.15) is 19.4 Å². The molecule has 1 amide bonds. The Morgan fingerprint density at radius 3 is 2.54 bits per heavy atom. The van der Waals surface area contributed by atoms with E-state index in [9.17, 15) is 14.4 Å². The van der Waals surface area contributed by atoms with Crippen molar-refractivity contribution >= 4 is 57.2 Å². The summed E-state index contributed by atoms with van der Waals surface area (Å²) in [5.41, 5.74) is 2.87. The lowest BCUT2D eigenvalue weighted by Crippen LogP contribution is -2.45. The van der Waals surface area contributed by atoms with E-state index >= 15 is 0 Å². The van der Waals surface area contributed by atoms with Crippen LogP contribution in [0, 0.1) is 0 Å². The van der Waals surface area contributed by atoms with Crippen LogP contribution in [0.5, 0.6) is 0 Å². The van der Waals surface area contributed by atoms with E-state index in [1.807, 2.05) is 24.3 Å². The van der Waals surface area contributed by atoms with E-state index in [0.717, 1.165) is 28.4 Å². The highest BCUT2D eigenvalue weighted by atomic mass is 32.1. The Bertz CT molecular complexity index is 1660. The van der Waals surface area contributed by atoms with Gasteiger partial charge in [0, 0.05) is 41.4 Å². The zero-order chi connectivity index (χ0) is 25.9. The highest BCUT2D eigenvalue weighted by Crippen LogP contribution is 2.29. The third kappa shape index (κ3) is 4.97. The zero-order valence-corrected chi connectivity index (χ0v) is 21.8. The van der Waals surface area contributed by atoms with Gasteiger partial charge in [0.15, 0.2) is 0 Å². The van der Waals surface area contributed by atoms with Crippen LogP contribution in [0.25, 0.3) is 34.0 Å². The summed E-state index contributed by atoms with van der Waals surface area (Å²) in [6.45, 7) is 6.70. The minimum atomic E-state index is -0.545. The van der Waals surface area contributed by atoms with E-state index in [-0.39, 0.29) is 24.6 Å². The fourth-order valence-electron chi connectivity index (χ4n) is 4.78. The summed E-state index contributed by atoms with van der Waals surface area (Å²) < 4.78 is 14.9. The molecule has 0 radical (unpaired) electrons. The summed E-state index contributed by atoms with van der Waals surface area (Å²) in [5.74, 6) is -0.723. The average molecular weight is 520 g/mol. The van der Waals surface area contributed by atoms with Crippen molar-refractivity contribution in [1.82, 2.24) is 14.0 Å². The van der Waals surface area contributed by atoms with Crippen molar-refractivity contribution in [1.29, 1.82) is 0 Å². The molecule has 5 rings (SSSR count). The molecule has 0 aliphatic carbocycles. The quantitative estimate of drug-likeness (QED) is 0.364. The molecular formula is C28H29N3O5S. The number of hydrogen-bond acceptors (Lipinski definition) is 6. The molecule has 1 saturated heterocycles. The molecule has 0 atom stereocenters. The van der Waals surface area contributed by atoms with Gasteiger partial charge in [-0.15, -0.1) is 11.3 Å². The first-order chi connectivity index (χ1) is 18.0. The Morgan fingerprint density at radius 2 is 1.78 bits per heavy atom. The summed E-state index contributed by atoms with van der Waals surface area (Å²) in [6.07, 6.45) is 3.11. The molecular weight excluding hydrogens is 490 g/mol. The molecule has 2 aromatic carbocycles. The summed E-state index contributed by atoms with van der Waals surface area (Å²) in [4.78, 5) is 40.3. The molecule has 0 bridgehead atoms. The number of amides is 1. The largest absolute Gasteiger partial charge is 0.463 e. The van der Waals surface area contributed by atoms with Crippen LogP contribution < -0.4 is 14.8 Å². The van der Waals surface area contributed by atoms with Crippen LogP contribution >= 0.6 is 11.3 Å². The number of nitrogens with zero attached hydrogens (tertiary/aromatic N) is 3. The van der Waals surface area contributed by atoms with Crippen molar-refractivity contribution in [3.05, 3.63) is 67.6 Å². The van der Waals surface area contributed by atoms with Crippen LogP contribution in [-0.2, 0) is 32.2 Å². The number of para-hydroxylation sites is 1. The molecule has 1 aliphatic heterocycles. The van der Waals surface area contributed by atoms with Crippen molar-refractivity contribution in [2.75, 3.05) is 32.9 Å². The maximum Gasteiger partial charge on any atom is 0.333 e. The third-order valence-corrected chi connectivity index (χ3v) is 7.59. The first-order valence-electron chi connectivity index (χ1n) is 12.5. The van der Waals surface area contributed by atoms with Gasteiger partial charge in [0.1, 0.15) is 11.2 Å². The molecule has 0 N–H and O–H groups in total. The topological polar surface area (TPSA) is 82.8 Å². The van der Waals surface area contributed by atoms with Gasteiger partial charge in [0.25, 0.3) is 5.56 Å². The molecule has 4 aromatic rings. The highest BCUT2D eigenvalue weighted by Gasteiger charge is 2.19. The number of carbonyl (C=O) groups is 2. The Balaban J connectivity index is 1.60. The summed E-state index contributed by atoms with van der Waals surface area (Å²) in [6, 6.07) is 14.4. The SMILES string of the molecule is CCOC(=O)C=c1sc(=Cc2ccc3c(c2)c2ccccc2n3CC)c(=O)n1CC(=O)N1CCOCC1. The molecule has 0 unspecified atom stereocenters. The second-order valence-corrected chi connectivity index (χ2v) is 9.83.